The fourth-order valence-electron chi connectivity index (χ4n) is 1.88. The molecular formula is C15H11BrN2O. The van der Waals surface area contributed by atoms with E-state index < -0.39 is 0 Å². The first-order chi connectivity index (χ1) is 9.25. The van der Waals surface area contributed by atoms with Crippen LogP contribution < -0.4 is 10.5 Å². The molecule has 0 saturated heterocycles. The van der Waals surface area contributed by atoms with E-state index in [0.29, 0.717) is 11.4 Å². The largest absolute Gasteiger partial charge is 0.455 e. The molecule has 0 aliphatic rings. The third-order valence-corrected chi connectivity index (χ3v) is 3.67. The second kappa shape index (κ2) is 4.90. The number of rotatable bonds is 2. The van der Waals surface area contributed by atoms with Crippen LogP contribution >= 0.6 is 15.9 Å². The standard InChI is InChI=1S/C15H11BrN2O/c16-15-11(17)5-3-7-14(15)19-13-8-9-18-12-6-2-1-4-10(12)13/h1-9H,17H2. The molecule has 3 nitrogen and oxygen atoms in total. The number of nitrogen functional groups attached to an aromatic ring is 1. The van der Waals surface area contributed by atoms with Crippen molar-refractivity contribution in [3.05, 3.63) is 59.2 Å². The van der Waals surface area contributed by atoms with Gasteiger partial charge in [-0.1, -0.05) is 18.2 Å². The zero-order valence-corrected chi connectivity index (χ0v) is 11.6. The summed E-state index contributed by atoms with van der Waals surface area (Å²) in [7, 11) is 0. The van der Waals surface area contributed by atoms with Gasteiger partial charge < -0.3 is 10.5 Å². The predicted octanol–water partition coefficient (Wildman–Crippen LogP) is 4.37. The molecule has 19 heavy (non-hydrogen) atoms. The summed E-state index contributed by atoms with van der Waals surface area (Å²) in [6.45, 7) is 0. The van der Waals surface area contributed by atoms with Crippen LogP contribution in [-0.4, -0.2) is 4.98 Å². The number of ether oxygens (including phenoxy) is 1. The smallest absolute Gasteiger partial charge is 0.143 e. The van der Waals surface area contributed by atoms with E-state index in [1.165, 1.54) is 0 Å². The highest BCUT2D eigenvalue weighted by Gasteiger charge is 2.08. The lowest BCUT2D eigenvalue weighted by atomic mass is 10.2. The van der Waals surface area contributed by atoms with Gasteiger partial charge in [0.2, 0.25) is 0 Å². The molecule has 4 heteroatoms. The Labute approximate surface area is 119 Å². The molecule has 1 heterocycles. The molecular weight excluding hydrogens is 304 g/mol. The Morgan fingerprint density at radius 1 is 0.947 bits per heavy atom. The summed E-state index contributed by atoms with van der Waals surface area (Å²) in [5.74, 6) is 1.45. The van der Waals surface area contributed by atoms with Gasteiger partial charge in [0.25, 0.3) is 0 Å². The molecule has 0 spiro atoms. The highest BCUT2D eigenvalue weighted by atomic mass is 79.9. The van der Waals surface area contributed by atoms with Crippen molar-refractivity contribution >= 4 is 32.5 Å². The molecule has 3 aromatic rings. The fraction of sp³-hybridized carbons (Fsp3) is 0. The van der Waals surface area contributed by atoms with Gasteiger partial charge in [-0.2, -0.15) is 0 Å². The van der Waals surface area contributed by atoms with E-state index in [-0.39, 0.29) is 0 Å². The Morgan fingerprint density at radius 2 is 1.79 bits per heavy atom. The molecule has 0 fully saturated rings. The number of pyridine rings is 1. The van der Waals surface area contributed by atoms with E-state index >= 15 is 0 Å². The highest BCUT2D eigenvalue weighted by Crippen LogP contribution is 2.35. The zero-order chi connectivity index (χ0) is 13.2. The van der Waals surface area contributed by atoms with Gasteiger partial charge in [0, 0.05) is 17.3 Å². The summed E-state index contributed by atoms with van der Waals surface area (Å²) in [4.78, 5) is 4.31. The van der Waals surface area contributed by atoms with Crippen molar-refractivity contribution in [3.8, 4) is 11.5 Å². The fourth-order valence-corrected chi connectivity index (χ4v) is 2.23. The van der Waals surface area contributed by atoms with Crippen molar-refractivity contribution in [1.82, 2.24) is 4.98 Å². The average molecular weight is 315 g/mol. The Balaban J connectivity index is 2.09. The van der Waals surface area contributed by atoms with Crippen LogP contribution in [-0.2, 0) is 0 Å². The van der Waals surface area contributed by atoms with Gasteiger partial charge in [-0.3, -0.25) is 4.98 Å². The number of anilines is 1. The Kier molecular flexibility index (Phi) is 3.09. The number of aromatic nitrogens is 1. The zero-order valence-electron chi connectivity index (χ0n) is 10.0. The van der Waals surface area contributed by atoms with Crippen LogP contribution in [0.3, 0.4) is 0 Å². The SMILES string of the molecule is Nc1cccc(Oc2ccnc3ccccc23)c1Br. The summed E-state index contributed by atoms with van der Waals surface area (Å²) >= 11 is 3.44. The van der Waals surface area contributed by atoms with Gasteiger partial charge in [-0.25, -0.2) is 0 Å². The minimum atomic E-state index is 0.649. The summed E-state index contributed by atoms with van der Waals surface area (Å²) in [5, 5.41) is 0.972. The van der Waals surface area contributed by atoms with E-state index in [0.717, 1.165) is 21.1 Å². The first kappa shape index (κ1) is 12.0. The Bertz CT molecular complexity index is 738. The molecule has 0 amide bonds. The molecule has 3 rings (SSSR count). The second-order valence-corrected chi connectivity index (χ2v) is 4.88. The van der Waals surface area contributed by atoms with Crippen LogP contribution in [0.5, 0.6) is 11.5 Å². The van der Waals surface area contributed by atoms with Crippen LogP contribution in [0.15, 0.2) is 59.2 Å². The number of halogens is 1. The van der Waals surface area contributed by atoms with Gasteiger partial charge in [0.05, 0.1) is 9.99 Å². The lowest BCUT2D eigenvalue weighted by Gasteiger charge is -2.11. The average Bonchev–Trinajstić information content (AvgIpc) is 2.44. The maximum Gasteiger partial charge on any atom is 0.143 e. The van der Waals surface area contributed by atoms with Crippen molar-refractivity contribution in [3.63, 3.8) is 0 Å². The molecule has 0 bridgehead atoms. The minimum absolute atomic E-state index is 0.649. The summed E-state index contributed by atoms with van der Waals surface area (Å²) in [6.07, 6.45) is 1.73. The van der Waals surface area contributed by atoms with Crippen LogP contribution in [0.25, 0.3) is 10.9 Å². The molecule has 2 aromatic carbocycles. The number of nitrogens with zero attached hydrogens (tertiary/aromatic N) is 1. The first-order valence-electron chi connectivity index (χ1n) is 5.81. The minimum Gasteiger partial charge on any atom is -0.455 e. The van der Waals surface area contributed by atoms with Gasteiger partial charge >= 0.3 is 0 Å². The number of hydrogen-bond donors (Lipinski definition) is 1. The van der Waals surface area contributed by atoms with Gasteiger partial charge in [-0.05, 0) is 46.3 Å². The number of fused-ring (bicyclic) bond motifs is 1. The lowest BCUT2D eigenvalue weighted by Crippen LogP contribution is -1.91. The number of para-hydroxylation sites is 1. The lowest BCUT2D eigenvalue weighted by molar-refractivity contribution is 0.485. The van der Waals surface area contributed by atoms with Crippen molar-refractivity contribution in [2.24, 2.45) is 0 Å². The highest BCUT2D eigenvalue weighted by molar-refractivity contribution is 9.10. The van der Waals surface area contributed by atoms with Gasteiger partial charge in [-0.15, -0.1) is 0 Å². The van der Waals surface area contributed by atoms with Crippen LogP contribution in [0, 0.1) is 0 Å². The van der Waals surface area contributed by atoms with Gasteiger partial charge in [0.15, 0.2) is 0 Å². The Hall–Kier alpha value is -2.07. The molecule has 0 radical (unpaired) electrons. The number of nitrogens with two attached hydrogens (primary N) is 1. The molecule has 2 N–H and O–H groups in total. The summed E-state index contributed by atoms with van der Waals surface area (Å²) in [6, 6.07) is 15.3. The van der Waals surface area contributed by atoms with Crippen molar-refractivity contribution < 1.29 is 4.74 Å². The normalized spacial score (nSPS) is 10.6. The molecule has 1 aromatic heterocycles. The second-order valence-electron chi connectivity index (χ2n) is 4.09. The van der Waals surface area contributed by atoms with Crippen LogP contribution in [0.4, 0.5) is 5.69 Å². The number of benzene rings is 2. The first-order valence-corrected chi connectivity index (χ1v) is 6.60. The van der Waals surface area contributed by atoms with Gasteiger partial charge in [0.1, 0.15) is 11.5 Å². The molecule has 0 saturated carbocycles. The van der Waals surface area contributed by atoms with Crippen molar-refractivity contribution in [2.45, 2.75) is 0 Å². The predicted molar refractivity (Wildman–Crippen MR) is 80.4 cm³/mol. The summed E-state index contributed by atoms with van der Waals surface area (Å²) < 4.78 is 6.70. The molecule has 0 aliphatic carbocycles. The van der Waals surface area contributed by atoms with E-state index in [2.05, 4.69) is 20.9 Å². The molecule has 0 unspecified atom stereocenters. The topological polar surface area (TPSA) is 48.1 Å². The third-order valence-electron chi connectivity index (χ3n) is 2.82. The third kappa shape index (κ3) is 2.27. The molecule has 94 valence electrons. The summed E-state index contributed by atoms with van der Waals surface area (Å²) in [5.41, 5.74) is 7.40. The number of hydrogen-bond acceptors (Lipinski definition) is 3. The van der Waals surface area contributed by atoms with E-state index in [4.69, 9.17) is 10.5 Å². The van der Waals surface area contributed by atoms with Crippen molar-refractivity contribution in [2.75, 3.05) is 5.73 Å². The molecule has 0 aliphatic heterocycles. The molecule has 0 atom stereocenters. The van der Waals surface area contributed by atoms with E-state index in [9.17, 15) is 0 Å². The van der Waals surface area contributed by atoms with E-state index in [1.54, 1.807) is 6.20 Å². The Morgan fingerprint density at radius 3 is 2.68 bits per heavy atom. The maximum absolute atomic E-state index is 5.94. The monoisotopic (exact) mass is 314 g/mol. The quantitative estimate of drug-likeness (QED) is 0.714. The van der Waals surface area contributed by atoms with Crippen LogP contribution in [0.2, 0.25) is 0 Å². The van der Waals surface area contributed by atoms with Crippen molar-refractivity contribution in [1.29, 1.82) is 0 Å². The maximum atomic E-state index is 5.94. The van der Waals surface area contributed by atoms with Crippen LogP contribution in [0.1, 0.15) is 0 Å². The van der Waals surface area contributed by atoms with E-state index in [1.807, 2.05) is 48.5 Å².